The van der Waals surface area contributed by atoms with Gasteiger partial charge in [-0.25, -0.2) is 8.42 Å². The van der Waals surface area contributed by atoms with Crippen molar-refractivity contribution in [2.24, 2.45) is 5.41 Å². The van der Waals surface area contributed by atoms with Crippen LogP contribution in [0.3, 0.4) is 0 Å². The van der Waals surface area contributed by atoms with Gasteiger partial charge in [0, 0.05) is 23.1 Å². The summed E-state index contributed by atoms with van der Waals surface area (Å²) in [6.45, 7) is 1.96. The Balaban J connectivity index is 2.24. The molecule has 1 aromatic carbocycles. The van der Waals surface area contributed by atoms with Gasteiger partial charge in [0.05, 0.1) is 10.3 Å². The van der Waals surface area contributed by atoms with Crippen LogP contribution in [0.2, 0.25) is 10.0 Å². The second-order valence-electron chi connectivity index (χ2n) is 5.38. The quantitative estimate of drug-likeness (QED) is 0.908. The Hall–Kier alpha value is -0.820. The third kappa shape index (κ3) is 3.34. The average molecular weight is 352 g/mol. The molecule has 0 aromatic heterocycles. The molecule has 8 heteroatoms. The molecule has 1 heterocycles. The van der Waals surface area contributed by atoms with Crippen LogP contribution in [0, 0.1) is 5.41 Å². The van der Waals surface area contributed by atoms with Crippen LogP contribution >= 0.6 is 23.2 Å². The van der Waals surface area contributed by atoms with Crippen molar-refractivity contribution in [3.63, 3.8) is 0 Å². The van der Waals surface area contributed by atoms with Crippen LogP contribution in [0.25, 0.3) is 0 Å². The summed E-state index contributed by atoms with van der Waals surface area (Å²) in [6, 6.07) is 4.14. The molecule has 5 nitrogen and oxygen atoms in total. The Morgan fingerprint density at radius 3 is 2.10 bits per heavy atom. The third-order valence-corrected chi connectivity index (χ3v) is 6.13. The van der Waals surface area contributed by atoms with E-state index >= 15 is 0 Å². The van der Waals surface area contributed by atoms with E-state index in [1.54, 1.807) is 6.92 Å². The number of aliphatic carboxylic acids is 1. The van der Waals surface area contributed by atoms with Crippen molar-refractivity contribution in [2.45, 2.75) is 24.7 Å². The van der Waals surface area contributed by atoms with Crippen molar-refractivity contribution in [3.05, 3.63) is 28.2 Å². The van der Waals surface area contributed by atoms with Gasteiger partial charge < -0.3 is 5.11 Å². The first-order valence-electron chi connectivity index (χ1n) is 6.35. The van der Waals surface area contributed by atoms with Gasteiger partial charge >= 0.3 is 5.97 Å². The van der Waals surface area contributed by atoms with E-state index in [9.17, 15) is 18.3 Å². The summed E-state index contributed by atoms with van der Waals surface area (Å²) >= 11 is 11.7. The number of carboxylic acids is 1. The molecule has 1 N–H and O–H groups in total. The van der Waals surface area contributed by atoms with Crippen LogP contribution in [-0.4, -0.2) is 36.9 Å². The molecule has 0 spiro atoms. The number of rotatable bonds is 3. The molecule has 0 aliphatic carbocycles. The molecule has 1 saturated heterocycles. The normalized spacial score (nSPS) is 19.4. The molecule has 1 fully saturated rings. The lowest BCUT2D eigenvalue weighted by Gasteiger charge is -2.35. The maximum Gasteiger partial charge on any atom is 0.309 e. The minimum Gasteiger partial charge on any atom is -0.481 e. The van der Waals surface area contributed by atoms with Crippen LogP contribution in [0.15, 0.2) is 23.1 Å². The van der Waals surface area contributed by atoms with E-state index in [1.807, 2.05) is 0 Å². The fourth-order valence-corrected chi connectivity index (χ4v) is 4.43. The van der Waals surface area contributed by atoms with Crippen LogP contribution in [-0.2, 0) is 14.8 Å². The smallest absolute Gasteiger partial charge is 0.309 e. The van der Waals surface area contributed by atoms with E-state index in [-0.39, 0.29) is 40.9 Å². The summed E-state index contributed by atoms with van der Waals surface area (Å²) in [5.41, 5.74) is -0.877. The zero-order valence-corrected chi connectivity index (χ0v) is 13.7. The first-order valence-corrected chi connectivity index (χ1v) is 8.54. The minimum absolute atomic E-state index is 0.0268. The molecule has 0 unspecified atom stereocenters. The van der Waals surface area contributed by atoms with Gasteiger partial charge in [0.25, 0.3) is 0 Å². The molecular formula is C13H15Cl2NO4S. The molecule has 0 bridgehead atoms. The van der Waals surface area contributed by atoms with Crippen molar-refractivity contribution in [1.82, 2.24) is 4.31 Å². The molecule has 0 atom stereocenters. The second kappa shape index (κ2) is 5.76. The predicted molar refractivity (Wildman–Crippen MR) is 80.2 cm³/mol. The van der Waals surface area contributed by atoms with Gasteiger partial charge in [-0.1, -0.05) is 23.2 Å². The summed E-state index contributed by atoms with van der Waals surface area (Å²) in [5, 5.41) is 9.66. The number of nitrogens with zero attached hydrogens (tertiary/aromatic N) is 1. The monoisotopic (exact) mass is 351 g/mol. The summed E-state index contributed by atoms with van der Waals surface area (Å²) in [5.74, 6) is -0.898. The zero-order chi connectivity index (χ0) is 15.8. The lowest BCUT2D eigenvalue weighted by Crippen LogP contribution is -2.45. The number of sulfonamides is 1. The largest absolute Gasteiger partial charge is 0.481 e. The lowest BCUT2D eigenvalue weighted by molar-refractivity contribution is -0.150. The molecule has 1 aliphatic heterocycles. The van der Waals surface area contributed by atoms with Crippen LogP contribution in [0.5, 0.6) is 0 Å². The number of benzene rings is 1. The molecule has 0 saturated carbocycles. The SMILES string of the molecule is CC1(C(=O)O)CCN(S(=O)(=O)c2cc(Cl)cc(Cl)c2)CC1. The van der Waals surface area contributed by atoms with Crippen LogP contribution in [0.4, 0.5) is 0 Å². The first kappa shape index (κ1) is 16.5. The second-order valence-corrected chi connectivity index (χ2v) is 8.19. The third-order valence-electron chi connectivity index (χ3n) is 3.82. The van der Waals surface area contributed by atoms with Crippen molar-refractivity contribution in [1.29, 1.82) is 0 Å². The van der Waals surface area contributed by atoms with Crippen molar-refractivity contribution < 1.29 is 18.3 Å². The summed E-state index contributed by atoms with van der Waals surface area (Å²) < 4.78 is 26.3. The highest BCUT2D eigenvalue weighted by Gasteiger charge is 2.40. The van der Waals surface area contributed by atoms with E-state index in [1.165, 1.54) is 22.5 Å². The predicted octanol–water partition coefficient (Wildman–Crippen LogP) is 2.87. The molecule has 1 aromatic rings. The van der Waals surface area contributed by atoms with Crippen molar-refractivity contribution in [2.75, 3.05) is 13.1 Å². The number of piperidine rings is 1. The highest BCUT2D eigenvalue weighted by molar-refractivity contribution is 7.89. The van der Waals surface area contributed by atoms with E-state index in [2.05, 4.69) is 0 Å². The van der Waals surface area contributed by atoms with Gasteiger partial charge in [-0.05, 0) is 38.0 Å². The van der Waals surface area contributed by atoms with Crippen molar-refractivity contribution >= 4 is 39.2 Å². The molecule has 21 heavy (non-hydrogen) atoms. The standard InChI is InChI=1S/C13H15Cl2NO4S/c1-13(12(17)18)2-4-16(5-3-13)21(19,20)11-7-9(14)6-10(15)8-11/h6-8H,2-5H2,1H3,(H,17,18). The van der Waals surface area contributed by atoms with Gasteiger partial charge in [0.15, 0.2) is 0 Å². The number of carboxylic acid groups (broad SMARTS) is 1. The number of halogens is 2. The Kier molecular flexibility index (Phi) is 4.54. The molecule has 1 aliphatic rings. The van der Waals surface area contributed by atoms with Gasteiger partial charge in [-0.15, -0.1) is 0 Å². The van der Waals surface area contributed by atoms with Gasteiger partial charge in [0.1, 0.15) is 0 Å². The minimum atomic E-state index is -3.71. The van der Waals surface area contributed by atoms with Crippen LogP contribution in [0.1, 0.15) is 19.8 Å². The topological polar surface area (TPSA) is 74.7 Å². The number of hydrogen-bond acceptors (Lipinski definition) is 3. The summed E-state index contributed by atoms with van der Waals surface area (Å²) in [4.78, 5) is 11.2. The molecular weight excluding hydrogens is 337 g/mol. The average Bonchev–Trinajstić information content (AvgIpc) is 2.38. The fourth-order valence-electron chi connectivity index (χ4n) is 2.26. The Labute approximate surface area is 133 Å². The Morgan fingerprint density at radius 1 is 1.19 bits per heavy atom. The fraction of sp³-hybridized carbons (Fsp3) is 0.462. The van der Waals surface area contributed by atoms with Gasteiger partial charge in [-0.3, -0.25) is 4.79 Å². The highest BCUT2D eigenvalue weighted by atomic mass is 35.5. The van der Waals surface area contributed by atoms with E-state index < -0.39 is 21.4 Å². The van der Waals surface area contributed by atoms with E-state index in [4.69, 9.17) is 23.2 Å². The van der Waals surface area contributed by atoms with E-state index in [0.717, 1.165) is 0 Å². The first-order chi connectivity index (χ1) is 9.65. The maximum absolute atomic E-state index is 12.5. The Morgan fingerprint density at radius 2 is 1.67 bits per heavy atom. The molecule has 2 rings (SSSR count). The Bertz CT molecular complexity index is 646. The van der Waals surface area contributed by atoms with Gasteiger partial charge in [-0.2, -0.15) is 4.31 Å². The van der Waals surface area contributed by atoms with Crippen LogP contribution < -0.4 is 0 Å². The summed E-state index contributed by atoms with van der Waals surface area (Å²) in [7, 11) is -3.71. The van der Waals surface area contributed by atoms with Crippen molar-refractivity contribution in [3.8, 4) is 0 Å². The van der Waals surface area contributed by atoms with E-state index in [0.29, 0.717) is 0 Å². The maximum atomic E-state index is 12.5. The lowest BCUT2D eigenvalue weighted by atomic mass is 9.81. The zero-order valence-electron chi connectivity index (χ0n) is 11.3. The molecule has 0 radical (unpaired) electrons. The number of hydrogen-bond donors (Lipinski definition) is 1. The van der Waals surface area contributed by atoms with Gasteiger partial charge in [0.2, 0.25) is 10.0 Å². The molecule has 0 amide bonds. The highest BCUT2D eigenvalue weighted by Crippen LogP contribution is 2.34. The number of carbonyl (C=O) groups is 1. The summed E-state index contributed by atoms with van der Waals surface area (Å²) in [6.07, 6.45) is 0.547. The molecule has 116 valence electrons.